The Kier molecular flexibility index (Phi) is 5.87. The predicted octanol–water partition coefficient (Wildman–Crippen LogP) is -0.484. The third kappa shape index (κ3) is 4.55. The number of carbonyl (C=O) groups excluding carboxylic acids is 1. The second kappa shape index (κ2) is 7.45. The van der Waals surface area contributed by atoms with Crippen LogP contribution >= 0.6 is 0 Å². The summed E-state index contributed by atoms with van der Waals surface area (Å²) in [5, 5.41) is 14.7. The van der Waals surface area contributed by atoms with Gasteiger partial charge in [0, 0.05) is 18.5 Å². The minimum absolute atomic E-state index is 0.0489. The van der Waals surface area contributed by atoms with Crippen molar-refractivity contribution in [3.05, 3.63) is 35.9 Å². The van der Waals surface area contributed by atoms with Crippen LogP contribution in [-0.2, 0) is 4.79 Å². The molecule has 1 amide bonds. The molecule has 0 radical (unpaired) electrons. The van der Waals surface area contributed by atoms with Crippen molar-refractivity contribution in [2.45, 2.75) is 6.42 Å². The Morgan fingerprint density at radius 2 is 2.00 bits per heavy atom. The van der Waals surface area contributed by atoms with Gasteiger partial charge in [-0.15, -0.1) is 0 Å². The number of nitrogens with one attached hydrogen (secondary N) is 2. The highest BCUT2D eigenvalue weighted by Gasteiger charge is 2.13. The lowest BCUT2D eigenvalue weighted by molar-refractivity contribution is -0.858. The molecule has 0 aromatic heterocycles. The summed E-state index contributed by atoms with van der Waals surface area (Å²) in [6, 6.07) is 8.90. The molecule has 0 aliphatic carbocycles. The van der Waals surface area contributed by atoms with Gasteiger partial charge in [-0.3, -0.25) is 4.79 Å². The molecule has 0 bridgehead atoms. The number of oxime groups is 1. The van der Waals surface area contributed by atoms with E-state index in [0.29, 0.717) is 12.1 Å². The van der Waals surface area contributed by atoms with E-state index in [4.69, 9.17) is 5.21 Å². The van der Waals surface area contributed by atoms with Crippen LogP contribution in [0.4, 0.5) is 0 Å². The standard InChI is InChI=1S/C13H19N3O2/c1-16(2)10-6-9-14-13(17)12(15-18)11-7-4-3-5-8-11/h3-5,7-8,18H,6,9-10H2,1-2H3,(H,14,17)/p+1/b15-12+. The molecule has 0 atom stereocenters. The third-order valence-corrected chi connectivity index (χ3v) is 2.50. The summed E-state index contributed by atoms with van der Waals surface area (Å²) in [6.07, 6.45) is 0.890. The SMILES string of the molecule is C[NH+](C)CCCNC(=O)/C(=N/O)c1ccccc1. The second-order valence-electron chi connectivity index (χ2n) is 4.38. The molecule has 0 aliphatic rings. The number of nitrogens with zero attached hydrogens (tertiary/aromatic N) is 1. The van der Waals surface area contributed by atoms with Crippen molar-refractivity contribution < 1.29 is 14.9 Å². The van der Waals surface area contributed by atoms with Crippen molar-refractivity contribution in [2.75, 3.05) is 27.2 Å². The summed E-state index contributed by atoms with van der Waals surface area (Å²) in [4.78, 5) is 13.1. The van der Waals surface area contributed by atoms with E-state index in [1.54, 1.807) is 24.3 Å². The molecule has 0 heterocycles. The zero-order valence-corrected chi connectivity index (χ0v) is 10.8. The van der Waals surface area contributed by atoms with Crippen molar-refractivity contribution in [3.8, 4) is 0 Å². The Bertz CT molecular complexity index is 402. The van der Waals surface area contributed by atoms with Gasteiger partial charge in [-0.05, 0) is 0 Å². The summed E-state index contributed by atoms with van der Waals surface area (Å²) in [6.45, 7) is 1.56. The lowest BCUT2D eigenvalue weighted by atomic mass is 10.1. The highest BCUT2D eigenvalue weighted by Crippen LogP contribution is 2.01. The van der Waals surface area contributed by atoms with Gasteiger partial charge in [0.05, 0.1) is 20.6 Å². The molecule has 0 fully saturated rings. The van der Waals surface area contributed by atoms with Crippen LogP contribution in [0.2, 0.25) is 0 Å². The smallest absolute Gasteiger partial charge is 0.273 e. The monoisotopic (exact) mass is 250 g/mol. The first-order valence-electron chi connectivity index (χ1n) is 6.00. The lowest BCUT2D eigenvalue weighted by Gasteiger charge is -2.08. The van der Waals surface area contributed by atoms with E-state index in [2.05, 4.69) is 24.6 Å². The zero-order valence-electron chi connectivity index (χ0n) is 10.8. The number of amides is 1. The molecular weight excluding hydrogens is 230 g/mol. The number of quaternary nitrogens is 1. The average Bonchev–Trinajstić information content (AvgIpc) is 2.36. The van der Waals surface area contributed by atoms with E-state index in [9.17, 15) is 4.79 Å². The van der Waals surface area contributed by atoms with E-state index in [0.717, 1.165) is 13.0 Å². The molecule has 18 heavy (non-hydrogen) atoms. The number of rotatable bonds is 6. The number of carbonyl (C=O) groups is 1. The maximum atomic E-state index is 11.8. The van der Waals surface area contributed by atoms with Gasteiger partial charge in [0.25, 0.3) is 5.91 Å². The van der Waals surface area contributed by atoms with Gasteiger partial charge in [-0.2, -0.15) is 0 Å². The summed E-state index contributed by atoms with van der Waals surface area (Å²) in [7, 11) is 4.12. The van der Waals surface area contributed by atoms with Crippen molar-refractivity contribution >= 4 is 11.6 Å². The molecule has 0 unspecified atom stereocenters. The Labute approximate surface area is 107 Å². The van der Waals surface area contributed by atoms with Gasteiger partial charge >= 0.3 is 0 Å². The average molecular weight is 250 g/mol. The predicted molar refractivity (Wildman–Crippen MR) is 70.1 cm³/mol. The molecule has 5 heteroatoms. The third-order valence-electron chi connectivity index (χ3n) is 2.50. The second-order valence-corrected chi connectivity index (χ2v) is 4.38. The molecule has 0 aliphatic heterocycles. The van der Waals surface area contributed by atoms with Gasteiger partial charge in [0.1, 0.15) is 0 Å². The normalized spacial score (nSPS) is 11.6. The molecule has 98 valence electrons. The van der Waals surface area contributed by atoms with Gasteiger partial charge in [-0.25, -0.2) is 0 Å². The van der Waals surface area contributed by atoms with Crippen molar-refractivity contribution in [3.63, 3.8) is 0 Å². The molecule has 3 N–H and O–H groups in total. The molecule has 1 aromatic rings. The lowest BCUT2D eigenvalue weighted by Crippen LogP contribution is -3.05. The van der Waals surface area contributed by atoms with E-state index in [-0.39, 0.29) is 11.6 Å². The first kappa shape index (κ1) is 14.2. The van der Waals surface area contributed by atoms with Crippen molar-refractivity contribution in [1.29, 1.82) is 0 Å². The quantitative estimate of drug-likeness (QED) is 0.276. The van der Waals surface area contributed by atoms with Crippen LogP contribution < -0.4 is 10.2 Å². The maximum Gasteiger partial charge on any atom is 0.273 e. The highest BCUT2D eigenvalue weighted by atomic mass is 16.4. The summed E-state index contributed by atoms with van der Waals surface area (Å²) >= 11 is 0. The molecule has 0 spiro atoms. The van der Waals surface area contributed by atoms with E-state index in [1.807, 2.05) is 6.07 Å². The van der Waals surface area contributed by atoms with E-state index >= 15 is 0 Å². The maximum absolute atomic E-state index is 11.8. The first-order chi connectivity index (χ1) is 8.65. The van der Waals surface area contributed by atoms with Crippen LogP contribution in [0.5, 0.6) is 0 Å². The van der Waals surface area contributed by atoms with Crippen LogP contribution in [-0.4, -0.2) is 44.0 Å². The zero-order chi connectivity index (χ0) is 13.4. The van der Waals surface area contributed by atoms with Crippen LogP contribution in [0.25, 0.3) is 0 Å². The van der Waals surface area contributed by atoms with Crippen LogP contribution in [0.1, 0.15) is 12.0 Å². The molecular formula is C13H20N3O2+. The van der Waals surface area contributed by atoms with Gasteiger partial charge in [0.15, 0.2) is 5.71 Å². The molecule has 0 saturated heterocycles. The largest absolute Gasteiger partial charge is 0.410 e. The fourth-order valence-corrected chi connectivity index (χ4v) is 1.56. The Hall–Kier alpha value is -1.88. The first-order valence-corrected chi connectivity index (χ1v) is 6.00. The van der Waals surface area contributed by atoms with Gasteiger partial charge < -0.3 is 15.4 Å². The van der Waals surface area contributed by atoms with E-state index < -0.39 is 0 Å². The van der Waals surface area contributed by atoms with Crippen LogP contribution in [0, 0.1) is 0 Å². The summed E-state index contributed by atoms with van der Waals surface area (Å²) < 4.78 is 0. The Morgan fingerprint density at radius 1 is 1.33 bits per heavy atom. The van der Waals surface area contributed by atoms with Crippen molar-refractivity contribution in [2.24, 2.45) is 5.16 Å². The molecule has 1 rings (SSSR count). The summed E-state index contributed by atoms with van der Waals surface area (Å²) in [5.41, 5.74) is 0.656. The minimum Gasteiger partial charge on any atom is -0.410 e. The number of hydrogen-bond donors (Lipinski definition) is 3. The topological polar surface area (TPSA) is 66.1 Å². The minimum atomic E-state index is -0.350. The number of benzene rings is 1. The van der Waals surface area contributed by atoms with E-state index in [1.165, 1.54) is 4.90 Å². The number of hydrogen-bond acceptors (Lipinski definition) is 3. The fraction of sp³-hybridized carbons (Fsp3) is 0.385. The van der Waals surface area contributed by atoms with Gasteiger partial charge in [0.2, 0.25) is 0 Å². The van der Waals surface area contributed by atoms with Gasteiger partial charge in [-0.1, -0.05) is 35.5 Å². The summed E-state index contributed by atoms with van der Waals surface area (Å²) in [5.74, 6) is -0.350. The van der Waals surface area contributed by atoms with Crippen LogP contribution in [0.15, 0.2) is 35.5 Å². The highest BCUT2D eigenvalue weighted by molar-refractivity contribution is 6.45. The molecule has 5 nitrogen and oxygen atoms in total. The fourth-order valence-electron chi connectivity index (χ4n) is 1.56. The van der Waals surface area contributed by atoms with Crippen molar-refractivity contribution in [1.82, 2.24) is 5.32 Å². The van der Waals surface area contributed by atoms with Crippen LogP contribution in [0.3, 0.4) is 0 Å². The molecule has 1 aromatic carbocycles. The Morgan fingerprint density at radius 3 is 2.56 bits per heavy atom. The molecule has 0 saturated carbocycles. The Balaban J connectivity index is 2.50.